The highest BCUT2D eigenvalue weighted by Gasteiger charge is 2.40. The Hall–Kier alpha value is -2.76. The zero-order valence-electron chi connectivity index (χ0n) is 19.6. The molecule has 5 rings (SSSR count). The summed E-state index contributed by atoms with van der Waals surface area (Å²) in [6.07, 6.45) is 4.34. The maximum Gasteiger partial charge on any atom is 0.161 e. The molecular weight excluding hydrogens is 485 g/mol. The molecule has 182 valence electrons. The van der Waals surface area contributed by atoms with Gasteiger partial charge in [0, 0.05) is 41.3 Å². The van der Waals surface area contributed by atoms with Gasteiger partial charge in [0.15, 0.2) is 23.1 Å². The predicted octanol–water partition coefficient (Wildman–Crippen LogP) is 6.67. The smallest absolute Gasteiger partial charge is 0.161 e. The number of carbonyl (C=O) groups excluding carboxylic acids is 2. The van der Waals surface area contributed by atoms with Crippen LogP contribution in [0.2, 0.25) is 10.0 Å². The molecule has 0 bridgehead atoms. The van der Waals surface area contributed by atoms with Crippen LogP contribution in [0.25, 0.3) is 0 Å². The lowest BCUT2D eigenvalue weighted by Crippen LogP contribution is -2.36. The van der Waals surface area contributed by atoms with Crippen LogP contribution >= 0.6 is 23.2 Å². The van der Waals surface area contributed by atoms with Gasteiger partial charge in [-0.15, -0.1) is 0 Å². The molecule has 0 spiro atoms. The van der Waals surface area contributed by atoms with Crippen LogP contribution in [0.5, 0.6) is 11.5 Å². The molecule has 1 heterocycles. The quantitative estimate of drug-likeness (QED) is 0.468. The van der Waals surface area contributed by atoms with E-state index in [2.05, 4.69) is 5.32 Å². The first-order chi connectivity index (χ1) is 17.0. The number of halogens is 2. The van der Waals surface area contributed by atoms with E-state index in [4.69, 9.17) is 32.7 Å². The second kappa shape index (κ2) is 10.1. The SMILES string of the molecule is CCOc1cc(C2C3=C(CCCC3=O)NC3=C2C(=O)CCC3)ccc1OCc1ccc(Cl)c(Cl)c1. The third-order valence-electron chi connectivity index (χ3n) is 6.77. The average Bonchev–Trinajstić information content (AvgIpc) is 2.84. The largest absolute Gasteiger partial charge is 0.490 e. The van der Waals surface area contributed by atoms with E-state index in [1.807, 2.05) is 31.2 Å². The van der Waals surface area contributed by atoms with Crippen LogP contribution in [0.3, 0.4) is 0 Å². The maximum absolute atomic E-state index is 13.1. The Morgan fingerprint density at radius 1 is 0.829 bits per heavy atom. The average molecular weight is 512 g/mol. The molecule has 0 aromatic heterocycles. The van der Waals surface area contributed by atoms with Crippen molar-refractivity contribution in [3.63, 3.8) is 0 Å². The van der Waals surface area contributed by atoms with Crippen LogP contribution in [-0.4, -0.2) is 18.2 Å². The summed E-state index contributed by atoms with van der Waals surface area (Å²) in [6.45, 7) is 2.67. The van der Waals surface area contributed by atoms with Crippen LogP contribution in [-0.2, 0) is 16.2 Å². The third-order valence-corrected chi connectivity index (χ3v) is 7.51. The summed E-state index contributed by atoms with van der Waals surface area (Å²) in [5.74, 6) is 1.03. The Morgan fingerprint density at radius 2 is 1.51 bits per heavy atom. The standard InChI is InChI=1S/C28H27Cl2NO4/c1-2-34-25-14-17(10-12-24(25)35-15-16-9-11-18(29)19(30)13-16)26-27-20(5-3-7-22(27)32)31-21-6-4-8-23(33)28(21)26/h9-14,26,31H,2-8,15H2,1H3. The lowest BCUT2D eigenvalue weighted by molar-refractivity contribution is -0.116. The minimum Gasteiger partial charge on any atom is -0.490 e. The number of dihydropyridines is 1. The van der Waals surface area contributed by atoms with Gasteiger partial charge in [0.1, 0.15) is 6.61 Å². The van der Waals surface area contributed by atoms with Crippen LogP contribution < -0.4 is 14.8 Å². The van der Waals surface area contributed by atoms with E-state index < -0.39 is 0 Å². The highest BCUT2D eigenvalue weighted by molar-refractivity contribution is 6.42. The molecule has 0 unspecified atom stereocenters. The fraction of sp³-hybridized carbons (Fsp3) is 0.357. The van der Waals surface area contributed by atoms with E-state index in [1.165, 1.54) is 0 Å². The summed E-state index contributed by atoms with van der Waals surface area (Å²) in [4.78, 5) is 26.1. The molecule has 0 atom stereocenters. The zero-order chi connectivity index (χ0) is 24.5. The first-order valence-electron chi connectivity index (χ1n) is 12.1. The van der Waals surface area contributed by atoms with E-state index >= 15 is 0 Å². The highest BCUT2D eigenvalue weighted by Crippen LogP contribution is 2.46. The van der Waals surface area contributed by atoms with Crippen molar-refractivity contribution >= 4 is 34.8 Å². The normalized spacial score (nSPS) is 18.3. The van der Waals surface area contributed by atoms with Gasteiger partial charge < -0.3 is 14.8 Å². The Morgan fingerprint density at radius 3 is 2.14 bits per heavy atom. The van der Waals surface area contributed by atoms with Crippen LogP contribution in [0.15, 0.2) is 58.9 Å². The first kappa shape index (κ1) is 24.0. The summed E-state index contributed by atoms with van der Waals surface area (Å²) >= 11 is 12.2. The minimum absolute atomic E-state index is 0.117. The van der Waals surface area contributed by atoms with E-state index in [9.17, 15) is 9.59 Å². The maximum atomic E-state index is 13.1. The number of hydrogen-bond acceptors (Lipinski definition) is 5. The number of hydrogen-bond donors (Lipinski definition) is 1. The molecule has 35 heavy (non-hydrogen) atoms. The molecule has 0 fully saturated rings. The Labute approximate surface area is 215 Å². The van der Waals surface area contributed by atoms with Gasteiger partial charge in [-0.3, -0.25) is 9.59 Å². The molecule has 0 saturated heterocycles. The van der Waals surface area contributed by atoms with Crippen LogP contribution in [0.4, 0.5) is 0 Å². The molecule has 7 heteroatoms. The van der Waals surface area contributed by atoms with Gasteiger partial charge in [-0.05, 0) is 68.0 Å². The fourth-order valence-corrected chi connectivity index (χ4v) is 5.52. The number of ketones is 2. The molecule has 2 aromatic carbocycles. The molecule has 0 saturated carbocycles. The van der Waals surface area contributed by atoms with Crippen molar-refractivity contribution in [3.8, 4) is 11.5 Å². The lowest BCUT2D eigenvalue weighted by atomic mass is 9.71. The number of allylic oxidation sites excluding steroid dienone is 4. The molecule has 0 amide bonds. The van der Waals surface area contributed by atoms with E-state index in [0.29, 0.717) is 47.6 Å². The monoisotopic (exact) mass is 511 g/mol. The molecule has 3 aliphatic rings. The predicted molar refractivity (Wildman–Crippen MR) is 136 cm³/mol. The van der Waals surface area contributed by atoms with Crippen molar-refractivity contribution in [2.45, 2.75) is 58.0 Å². The molecule has 2 aliphatic carbocycles. The third kappa shape index (κ3) is 4.72. The topological polar surface area (TPSA) is 64.6 Å². The molecule has 5 nitrogen and oxygen atoms in total. The van der Waals surface area contributed by atoms with Gasteiger partial charge in [-0.2, -0.15) is 0 Å². The summed E-state index contributed by atoms with van der Waals surface area (Å²) in [5, 5.41) is 4.43. The van der Waals surface area contributed by atoms with Crippen molar-refractivity contribution in [2.75, 3.05) is 6.61 Å². The number of benzene rings is 2. The first-order valence-corrected chi connectivity index (χ1v) is 12.8. The molecule has 0 radical (unpaired) electrons. The van der Waals surface area contributed by atoms with Crippen molar-refractivity contribution in [3.05, 3.63) is 80.1 Å². The van der Waals surface area contributed by atoms with Crippen molar-refractivity contribution < 1.29 is 19.1 Å². The number of rotatable bonds is 6. The van der Waals surface area contributed by atoms with Crippen molar-refractivity contribution in [1.29, 1.82) is 0 Å². The van der Waals surface area contributed by atoms with E-state index in [1.54, 1.807) is 12.1 Å². The summed E-state index contributed by atoms with van der Waals surface area (Å²) in [5.41, 5.74) is 5.17. The summed E-state index contributed by atoms with van der Waals surface area (Å²) in [6, 6.07) is 11.1. The van der Waals surface area contributed by atoms with E-state index in [-0.39, 0.29) is 17.5 Å². The van der Waals surface area contributed by atoms with Crippen LogP contribution in [0, 0.1) is 0 Å². The number of Topliss-reactive ketones (excluding diaryl/α,β-unsaturated/α-hetero) is 2. The second-order valence-corrected chi connectivity index (χ2v) is 9.89. The fourth-order valence-electron chi connectivity index (χ4n) is 5.20. The van der Waals surface area contributed by atoms with Gasteiger partial charge in [0.05, 0.1) is 16.7 Å². The van der Waals surface area contributed by atoms with E-state index in [0.717, 1.165) is 59.4 Å². The highest BCUT2D eigenvalue weighted by atomic mass is 35.5. The summed E-state index contributed by atoms with van der Waals surface area (Å²) in [7, 11) is 0. The van der Waals surface area contributed by atoms with Gasteiger partial charge in [-0.25, -0.2) is 0 Å². The zero-order valence-corrected chi connectivity index (χ0v) is 21.1. The minimum atomic E-state index is -0.370. The van der Waals surface area contributed by atoms with Gasteiger partial charge in [0.25, 0.3) is 0 Å². The second-order valence-electron chi connectivity index (χ2n) is 9.07. The summed E-state index contributed by atoms with van der Waals surface area (Å²) < 4.78 is 12.0. The Bertz CT molecular complexity index is 1220. The van der Waals surface area contributed by atoms with Gasteiger partial charge >= 0.3 is 0 Å². The van der Waals surface area contributed by atoms with Crippen molar-refractivity contribution in [2.24, 2.45) is 0 Å². The molecule has 1 N–H and O–H groups in total. The van der Waals surface area contributed by atoms with Gasteiger partial charge in [0.2, 0.25) is 0 Å². The molecule has 2 aromatic rings. The molecular formula is C28H27Cl2NO4. The van der Waals surface area contributed by atoms with Gasteiger partial charge in [-0.1, -0.05) is 35.3 Å². The van der Waals surface area contributed by atoms with Crippen molar-refractivity contribution in [1.82, 2.24) is 5.32 Å². The Balaban J connectivity index is 1.51. The number of carbonyl (C=O) groups is 2. The number of nitrogens with one attached hydrogen (secondary N) is 1. The Kier molecular flexibility index (Phi) is 6.90. The molecule has 1 aliphatic heterocycles. The lowest BCUT2D eigenvalue weighted by Gasteiger charge is -2.37. The number of ether oxygens (including phenoxy) is 2. The van der Waals surface area contributed by atoms with Crippen LogP contribution in [0.1, 0.15) is 62.5 Å².